The van der Waals surface area contributed by atoms with Gasteiger partial charge in [-0.25, -0.2) is 9.79 Å². The summed E-state index contributed by atoms with van der Waals surface area (Å²) in [6, 6.07) is 25.2. The van der Waals surface area contributed by atoms with Crippen LogP contribution in [-0.2, 0) is 9.53 Å². The number of rotatable bonds is 9. The van der Waals surface area contributed by atoms with Crippen molar-refractivity contribution >= 4 is 29.1 Å². The molecule has 0 N–H and O–H groups in total. The molecule has 0 radical (unpaired) electrons. The Morgan fingerprint density at radius 1 is 0.941 bits per heavy atom. The fraction of sp³-hybridized carbons (Fsp3) is 0.310. The third-order valence-electron chi connectivity index (χ3n) is 10.1. The molecule has 1 atom stereocenters. The van der Waals surface area contributed by atoms with Gasteiger partial charge in [-0.3, -0.25) is 9.36 Å². The third kappa shape index (κ3) is 6.35. The minimum absolute atomic E-state index is 0.162. The number of aromatic nitrogens is 2. The molecule has 7 rings (SSSR count). The van der Waals surface area contributed by atoms with Gasteiger partial charge in [-0.05, 0) is 81.0 Å². The predicted octanol–water partition coefficient (Wildman–Crippen LogP) is 7.41. The first-order chi connectivity index (χ1) is 24.8. The van der Waals surface area contributed by atoms with Gasteiger partial charge in [0.25, 0.3) is 5.56 Å². The van der Waals surface area contributed by atoms with E-state index in [0.717, 1.165) is 28.2 Å². The molecule has 8 nitrogen and oxygen atoms in total. The second-order valence-electron chi connectivity index (χ2n) is 13.1. The standard InChI is InChI=1S/C42H43N3O5S/c1-6-50-41(47)36-37(30-16-11-8-12-17-30)43-42-45(38(36)33-18-13-19-34(48-4)39(33)49-5)40(46)35(51-42)25-31-24-26(2)44(27(31)3)32-22-20-29(21-23-32)28-14-9-7-10-15-28/h8,11-13,16-25,28,38H,6-7,9-10,14-15H2,1-5H3/b35-25-/t38-/m1/s1. The largest absolute Gasteiger partial charge is 0.493 e. The van der Waals surface area contributed by atoms with Crippen LogP contribution in [0.2, 0.25) is 0 Å². The molecular formula is C42H43N3O5S. The number of esters is 1. The summed E-state index contributed by atoms with van der Waals surface area (Å²) in [5.74, 6) is 1.00. The van der Waals surface area contributed by atoms with E-state index in [9.17, 15) is 9.59 Å². The molecule has 3 heterocycles. The van der Waals surface area contributed by atoms with Gasteiger partial charge < -0.3 is 18.8 Å². The average Bonchev–Trinajstić information content (AvgIpc) is 3.63. The zero-order chi connectivity index (χ0) is 35.6. The van der Waals surface area contributed by atoms with Gasteiger partial charge in [0.2, 0.25) is 0 Å². The number of thiazole rings is 1. The summed E-state index contributed by atoms with van der Waals surface area (Å²) < 4.78 is 21.5. The molecule has 0 amide bonds. The molecule has 9 heteroatoms. The summed E-state index contributed by atoms with van der Waals surface area (Å²) in [7, 11) is 3.11. The van der Waals surface area contributed by atoms with E-state index in [1.54, 1.807) is 31.8 Å². The summed E-state index contributed by atoms with van der Waals surface area (Å²) in [5.41, 5.74) is 7.34. The number of hydrogen-bond acceptors (Lipinski definition) is 7. The number of methoxy groups -OCH3 is 2. The van der Waals surface area contributed by atoms with Crippen molar-refractivity contribution in [1.82, 2.24) is 9.13 Å². The highest BCUT2D eigenvalue weighted by atomic mass is 32.1. The molecule has 0 saturated heterocycles. The van der Waals surface area contributed by atoms with Gasteiger partial charge in [0.05, 0.1) is 36.6 Å². The lowest BCUT2D eigenvalue weighted by molar-refractivity contribution is -0.138. The lowest BCUT2D eigenvalue weighted by atomic mass is 9.84. The lowest BCUT2D eigenvalue weighted by Gasteiger charge is -2.27. The molecule has 2 aliphatic rings. The Kier molecular flexibility index (Phi) is 9.82. The van der Waals surface area contributed by atoms with Gasteiger partial charge in [0, 0.05) is 28.2 Å². The number of fused-ring (bicyclic) bond motifs is 1. The van der Waals surface area contributed by atoms with Crippen LogP contribution in [-0.4, -0.2) is 35.9 Å². The number of para-hydroxylation sites is 1. The second-order valence-corrected chi connectivity index (χ2v) is 14.1. The Morgan fingerprint density at radius 3 is 2.37 bits per heavy atom. The van der Waals surface area contributed by atoms with Crippen molar-refractivity contribution in [2.24, 2.45) is 4.99 Å². The van der Waals surface area contributed by atoms with Crippen LogP contribution in [0, 0.1) is 13.8 Å². The van der Waals surface area contributed by atoms with Crippen molar-refractivity contribution < 1.29 is 19.0 Å². The molecule has 0 spiro atoms. The van der Waals surface area contributed by atoms with E-state index >= 15 is 0 Å². The number of nitrogens with zero attached hydrogens (tertiary/aromatic N) is 3. The maximum atomic E-state index is 14.6. The molecule has 1 aliphatic carbocycles. The minimum atomic E-state index is -0.891. The number of hydrogen-bond donors (Lipinski definition) is 0. The first-order valence-corrected chi connectivity index (χ1v) is 18.4. The Morgan fingerprint density at radius 2 is 1.69 bits per heavy atom. The van der Waals surface area contributed by atoms with E-state index in [2.05, 4.69) is 48.7 Å². The van der Waals surface area contributed by atoms with E-state index < -0.39 is 12.0 Å². The number of ether oxygens (including phenoxy) is 3. The van der Waals surface area contributed by atoms with E-state index in [1.807, 2.05) is 48.5 Å². The van der Waals surface area contributed by atoms with Crippen molar-refractivity contribution in [3.63, 3.8) is 0 Å². The summed E-state index contributed by atoms with van der Waals surface area (Å²) in [6.45, 7) is 6.10. The normalized spacial score (nSPS) is 16.5. The smallest absolute Gasteiger partial charge is 0.338 e. The lowest BCUT2D eigenvalue weighted by Crippen LogP contribution is -2.40. The van der Waals surface area contributed by atoms with Crippen LogP contribution in [0.5, 0.6) is 11.5 Å². The molecule has 5 aromatic rings. The Bertz CT molecular complexity index is 2290. The summed E-state index contributed by atoms with van der Waals surface area (Å²) in [5, 5.41) is 0. The molecule has 0 unspecified atom stereocenters. The van der Waals surface area contributed by atoms with E-state index in [0.29, 0.717) is 38.0 Å². The molecule has 1 fully saturated rings. The number of carbonyl (C=O) groups excluding carboxylic acids is 1. The van der Waals surface area contributed by atoms with Crippen LogP contribution in [0.25, 0.3) is 17.5 Å². The third-order valence-corrected chi connectivity index (χ3v) is 11.1. The van der Waals surface area contributed by atoms with Crippen molar-refractivity contribution in [2.45, 2.75) is 64.8 Å². The molecule has 262 valence electrons. The van der Waals surface area contributed by atoms with Gasteiger partial charge in [-0.15, -0.1) is 0 Å². The summed E-state index contributed by atoms with van der Waals surface area (Å²) in [4.78, 5) is 34.0. The van der Waals surface area contributed by atoms with Gasteiger partial charge in [0.1, 0.15) is 6.04 Å². The topological polar surface area (TPSA) is 84.1 Å². The van der Waals surface area contributed by atoms with Crippen LogP contribution in [0.1, 0.15) is 84.6 Å². The van der Waals surface area contributed by atoms with Gasteiger partial charge in [0.15, 0.2) is 16.3 Å². The van der Waals surface area contributed by atoms with Crippen molar-refractivity contribution in [3.8, 4) is 17.2 Å². The van der Waals surface area contributed by atoms with Crippen LogP contribution in [0.15, 0.2) is 94.2 Å². The second kappa shape index (κ2) is 14.6. The molecular weight excluding hydrogens is 659 g/mol. The first-order valence-electron chi connectivity index (χ1n) is 17.6. The predicted molar refractivity (Wildman–Crippen MR) is 202 cm³/mol. The average molecular weight is 702 g/mol. The number of carbonyl (C=O) groups is 1. The van der Waals surface area contributed by atoms with Crippen molar-refractivity contribution in [3.05, 3.63) is 138 Å². The molecule has 1 saturated carbocycles. The monoisotopic (exact) mass is 701 g/mol. The minimum Gasteiger partial charge on any atom is -0.493 e. The molecule has 0 bridgehead atoms. The fourth-order valence-corrected chi connectivity index (χ4v) is 8.66. The molecule has 2 aromatic heterocycles. The molecule has 3 aromatic carbocycles. The van der Waals surface area contributed by atoms with E-state index in [4.69, 9.17) is 19.2 Å². The van der Waals surface area contributed by atoms with E-state index in [1.165, 1.54) is 49.0 Å². The zero-order valence-corrected chi connectivity index (χ0v) is 30.6. The van der Waals surface area contributed by atoms with Crippen LogP contribution in [0.3, 0.4) is 0 Å². The van der Waals surface area contributed by atoms with Crippen LogP contribution in [0.4, 0.5) is 0 Å². The van der Waals surface area contributed by atoms with Gasteiger partial charge in [-0.1, -0.05) is 85.2 Å². The maximum absolute atomic E-state index is 14.6. The Labute approximate surface area is 302 Å². The summed E-state index contributed by atoms with van der Waals surface area (Å²) in [6.07, 6.45) is 8.43. The van der Waals surface area contributed by atoms with E-state index in [-0.39, 0.29) is 17.7 Å². The van der Waals surface area contributed by atoms with Crippen molar-refractivity contribution in [2.75, 3.05) is 20.8 Å². The fourth-order valence-electron chi connectivity index (χ4n) is 7.67. The highest BCUT2D eigenvalue weighted by Crippen LogP contribution is 2.42. The quantitative estimate of drug-likeness (QED) is 0.150. The Balaban J connectivity index is 1.40. The summed E-state index contributed by atoms with van der Waals surface area (Å²) >= 11 is 1.30. The maximum Gasteiger partial charge on any atom is 0.338 e. The highest BCUT2D eigenvalue weighted by molar-refractivity contribution is 7.07. The van der Waals surface area contributed by atoms with Crippen LogP contribution >= 0.6 is 11.3 Å². The van der Waals surface area contributed by atoms with Crippen LogP contribution < -0.4 is 24.4 Å². The highest BCUT2D eigenvalue weighted by Gasteiger charge is 2.37. The number of benzene rings is 3. The van der Waals surface area contributed by atoms with Gasteiger partial charge in [-0.2, -0.15) is 0 Å². The number of aryl methyl sites for hydroxylation is 1. The molecule has 51 heavy (non-hydrogen) atoms. The molecule has 1 aliphatic heterocycles. The van der Waals surface area contributed by atoms with Gasteiger partial charge >= 0.3 is 5.97 Å². The first kappa shape index (κ1) is 34.3. The zero-order valence-electron chi connectivity index (χ0n) is 29.8. The SMILES string of the molecule is CCOC(=O)C1=C(c2ccccc2)N=c2s/c(=C\c3cc(C)n(-c4ccc(C5CCCCC5)cc4)c3C)c(=O)n2[C@@H]1c1cccc(OC)c1OC. The van der Waals surface area contributed by atoms with Crippen molar-refractivity contribution in [1.29, 1.82) is 0 Å². The Hall–Kier alpha value is -5.15.